The highest BCUT2D eigenvalue weighted by molar-refractivity contribution is 7.98. The first-order valence-corrected chi connectivity index (χ1v) is 7.78. The predicted octanol–water partition coefficient (Wildman–Crippen LogP) is 3.84. The van der Waals surface area contributed by atoms with Gasteiger partial charge < -0.3 is 5.11 Å². The SMILES string of the molecule is CCC(C)CSCc1ccc(F)cc1C#CCCO. The molecule has 0 spiro atoms. The highest BCUT2D eigenvalue weighted by Crippen LogP contribution is 2.20. The topological polar surface area (TPSA) is 20.2 Å². The molecule has 0 bridgehead atoms. The van der Waals surface area contributed by atoms with Gasteiger partial charge in [-0.1, -0.05) is 38.2 Å². The Balaban J connectivity index is 2.69. The lowest BCUT2D eigenvalue weighted by Gasteiger charge is -2.09. The molecule has 1 N–H and O–H groups in total. The summed E-state index contributed by atoms with van der Waals surface area (Å²) >= 11 is 1.86. The van der Waals surface area contributed by atoms with Crippen molar-refractivity contribution in [1.82, 2.24) is 0 Å². The van der Waals surface area contributed by atoms with Crippen molar-refractivity contribution < 1.29 is 9.50 Å². The Hall–Kier alpha value is -0.980. The van der Waals surface area contributed by atoms with Crippen LogP contribution in [0.1, 0.15) is 37.8 Å². The third kappa shape index (κ3) is 6.13. The van der Waals surface area contributed by atoms with Gasteiger partial charge in [0.1, 0.15) is 5.82 Å². The van der Waals surface area contributed by atoms with E-state index >= 15 is 0 Å². The minimum Gasteiger partial charge on any atom is -0.395 e. The summed E-state index contributed by atoms with van der Waals surface area (Å²) in [6.45, 7) is 4.47. The van der Waals surface area contributed by atoms with Crippen molar-refractivity contribution in [3.05, 3.63) is 35.1 Å². The number of aliphatic hydroxyl groups is 1. The van der Waals surface area contributed by atoms with Crippen LogP contribution in [-0.2, 0) is 5.75 Å². The maximum Gasteiger partial charge on any atom is 0.124 e. The van der Waals surface area contributed by atoms with Crippen LogP contribution in [0.2, 0.25) is 0 Å². The Kier molecular flexibility index (Phi) is 7.62. The summed E-state index contributed by atoms with van der Waals surface area (Å²) < 4.78 is 13.2. The van der Waals surface area contributed by atoms with Gasteiger partial charge >= 0.3 is 0 Å². The standard InChI is InChI=1S/C16H21FOS/c1-3-13(2)11-19-12-15-7-8-16(17)10-14(15)6-4-5-9-18/h7-8,10,13,18H,3,5,9,11-12H2,1-2H3. The number of rotatable bonds is 6. The number of aliphatic hydroxyl groups excluding tert-OH is 1. The molecule has 1 aromatic carbocycles. The van der Waals surface area contributed by atoms with E-state index in [-0.39, 0.29) is 12.4 Å². The molecule has 3 heteroatoms. The van der Waals surface area contributed by atoms with Crippen molar-refractivity contribution >= 4 is 11.8 Å². The maximum atomic E-state index is 13.2. The zero-order valence-corrected chi connectivity index (χ0v) is 12.4. The Morgan fingerprint density at radius 2 is 2.21 bits per heavy atom. The fourth-order valence-corrected chi connectivity index (χ4v) is 2.72. The van der Waals surface area contributed by atoms with E-state index < -0.39 is 0 Å². The third-order valence-corrected chi connectivity index (χ3v) is 4.21. The highest BCUT2D eigenvalue weighted by atomic mass is 32.2. The molecule has 1 unspecified atom stereocenters. The van der Waals surface area contributed by atoms with Gasteiger partial charge in [0.25, 0.3) is 0 Å². The van der Waals surface area contributed by atoms with Gasteiger partial charge in [-0.2, -0.15) is 11.8 Å². The van der Waals surface area contributed by atoms with Gasteiger partial charge in [-0.05, 0) is 29.4 Å². The zero-order chi connectivity index (χ0) is 14.1. The van der Waals surface area contributed by atoms with Crippen LogP contribution in [0, 0.1) is 23.6 Å². The largest absolute Gasteiger partial charge is 0.395 e. The number of thioether (sulfide) groups is 1. The Morgan fingerprint density at radius 1 is 1.42 bits per heavy atom. The van der Waals surface area contributed by atoms with Crippen molar-refractivity contribution in [3.8, 4) is 11.8 Å². The minimum absolute atomic E-state index is 0.0421. The smallest absolute Gasteiger partial charge is 0.124 e. The van der Waals surface area contributed by atoms with Crippen LogP contribution in [0.4, 0.5) is 4.39 Å². The molecule has 1 aromatic rings. The molecule has 0 aromatic heterocycles. The predicted molar refractivity (Wildman–Crippen MR) is 80.6 cm³/mol. The van der Waals surface area contributed by atoms with E-state index in [9.17, 15) is 4.39 Å². The van der Waals surface area contributed by atoms with Crippen LogP contribution in [0.25, 0.3) is 0 Å². The van der Waals surface area contributed by atoms with Crippen LogP contribution in [-0.4, -0.2) is 17.5 Å². The first-order valence-electron chi connectivity index (χ1n) is 6.63. The van der Waals surface area contributed by atoms with Gasteiger partial charge in [-0.15, -0.1) is 0 Å². The second-order valence-electron chi connectivity index (χ2n) is 4.61. The third-order valence-electron chi connectivity index (χ3n) is 2.89. The summed E-state index contributed by atoms with van der Waals surface area (Å²) in [5.41, 5.74) is 1.81. The summed E-state index contributed by atoms with van der Waals surface area (Å²) in [6, 6.07) is 4.77. The number of hydrogen-bond acceptors (Lipinski definition) is 2. The van der Waals surface area contributed by atoms with Crippen LogP contribution >= 0.6 is 11.8 Å². The van der Waals surface area contributed by atoms with E-state index in [1.807, 2.05) is 17.8 Å². The second-order valence-corrected chi connectivity index (χ2v) is 5.64. The van der Waals surface area contributed by atoms with Crippen molar-refractivity contribution in [1.29, 1.82) is 0 Å². The molecule has 0 aliphatic rings. The molecule has 0 saturated heterocycles. The molecule has 0 fully saturated rings. The molecule has 19 heavy (non-hydrogen) atoms. The monoisotopic (exact) mass is 280 g/mol. The zero-order valence-electron chi connectivity index (χ0n) is 11.6. The molecule has 0 aliphatic heterocycles. The molecule has 1 nitrogen and oxygen atoms in total. The molecule has 0 amide bonds. The summed E-state index contributed by atoms with van der Waals surface area (Å²) in [7, 11) is 0. The van der Waals surface area contributed by atoms with Crippen LogP contribution in [0.3, 0.4) is 0 Å². The average Bonchev–Trinajstić information content (AvgIpc) is 2.41. The fraction of sp³-hybridized carbons (Fsp3) is 0.500. The molecular formula is C16H21FOS. The lowest BCUT2D eigenvalue weighted by Crippen LogP contribution is -1.97. The van der Waals surface area contributed by atoms with Gasteiger partial charge in [0.15, 0.2) is 0 Å². The molecular weight excluding hydrogens is 259 g/mol. The Morgan fingerprint density at radius 3 is 2.89 bits per heavy atom. The van der Waals surface area contributed by atoms with E-state index in [0.29, 0.717) is 12.3 Å². The molecule has 0 radical (unpaired) electrons. The Labute approximate surface area is 119 Å². The lowest BCUT2D eigenvalue weighted by molar-refractivity contribution is 0.305. The van der Waals surface area contributed by atoms with E-state index in [4.69, 9.17) is 5.11 Å². The summed E-state index contributed by atoms with van der Waals surface area (Å²) in [5.74, 6) is 8.20. The van der Waals surface area contributed by atoms with Crippen LogP contribution in [0.5, 0.6) is 0 Å². The molecule has 0 saturated carbocycles. The number of benzene rings is 1. The molecule has 1 rings (SSSR count). The number of halogens is 1. The quantitative estimate of drug-likeness (QED) is 0.799. The van der Waals surface area contributed by atoms with Crippen LogP contribution in [0.15, 0.2) is 18.2 Å². The van der Waals surface area contributed by atoms with E-state index in [1.165, 1.54) is 18.6 Å². The molecule has 1 atom stereocenters. The van der Waals surface area contributed by atoms with Gasteiger partial charge in [0, 0.05) is 17.7 Å². The Bertz CT molecular complexity index is 448. The molecule has 0 heterocycles. The fourth-order valence-electron chi connectivity index (χ4n) is 1.49. The van der Waals surface area contributed by atoms with Gasteiger partial charge in [-0.3, -0.25) is 0 Å². The average molecular weight is 280 g/mol. The van der Waals surface area contributed by atoms with Gasteiger partial charge in [0.05, 0.1) is 6.61 Å². The van der Waals surface area contributed by atoms with Crippen molar-refractivity contribution in [3.63, 3.8) is 0 Å². The van der Waals surface area contributed by atoms with Crippen molar-refractivity contribution in [2.75, 3.05) is 12.4 Å². The van der Waals surface area contributed by atoms with Gasteiger partial charge in [-0.25, -0.2) is 4.39 Å². The first kappa shape index (κ1) is 16.1. The number of hydrogen-bond donors (Lipinski definition) is 1. The molecule has 0 aliphatic carbocycles. The van der Waals surface area contributed by atoms with Crippen LogP contribution < -0.4 is 0 Å². The summed E-state index contributed by atoms with van der Waals surface area (Å²) in [6.07, 6.45) is 1.61. The van der Waals surface area contributed by atoms with E-state index in [0.717, 1.165) is 22.6 Å². The van der Waals surface area contributed by atoms with Crippen molar-refractivity contribution in [2.24, 2.45) is 5.92 Å². The normalized spacial score (nSPS) is 11.8. The second kappa shape index (κ2) is 9.01. The van der Waals surface area contributed by atoms with E-state index in [1.54, 1.807) is 0 Å². The summed E-state index contributed by atoms with van der Waals surface area (Å²) in [4.78, 5) is 0. The minimum atomic E-state index is -0.260. The molecule has 104 valence electrons. The first-order chi connectivity index (χ1) is 9.17. The van der Waals surface area contributed by atoms with E-state index in [2.05, 4.69) is 25.7 Å². The lowest BCUT2D eigenvalue weighted by atomic mass is 10.1. The van der Waals surface area contributed by atoms with Crippen molar-refractivity contribution in [2.45, 2.75) is 32.4 Å². The highest BCUT2D eigenvalue weighted by Gasteiger charge is 2.04. The maximum absolute atomic E-state index is 13.2. The van der Waals surface area contributed by atoms with Gasteiger partial charge in [0.2, 0.25) is 0 Å². The summed E-state index contributed by atoms with van der Waals surface area (Å²) in [5, 5.41) is 8.72.